The van der Waals surface area contributed by atoms with Gasteiger partial charge in [0.05, 0.1) is 34.9 Å². The summed E-state index contributed by atoms with van der Waals surface area (Å²) < 4.78 is 6.84. The Morgan fingerprint density at radius 3 is 2.65 bits per heavy atom. The average Bonchev–Trinajstić information content (AvgIpc) is 3.47. The minimum atomic E-state index is -0.475. The van der Waals surface area contributed by atoms with Crippen molar-refractivity contribution >= 4 is 40.6 Å². The Bertz CT molecular complexity index is 1170. The first-order valence-corrected chi connectivity index (χ1v) is 12.8. The lowest BCUT2D eigenvalue weighted by atomic mass is 10.2. The smallest absolute Gasteiger partial charge is 0.293 e. The molecule has 2 aromatic rings. The number of hydrogen-bond donors (Lipinski definition) is 1. The number of benzene rings is 1. The van der Waals surface area contributed by atoms with Crippen LogP contribution in [0.25, 0.3) is 11.8 Å². The van der Waals surface area contributed by atoms with Crippen LogP contribution >= 0.6 is 11.8 Å². The van der Waals surface area contributed by atoms with Gasteiger partial charge < -0.3 is 10.1 Å². The number of hydrogen-bond acceptors (Lipinski definition) is 9. The predicted octanol–water partition coefficient (Wildman–Crippen LogP) is 2.44. The number of unbranched alkanes of at least 4 members (excludes halogenated alkanes) is 1. The Morgan fingerprint density at radius 1 is 1.16 bits per heavy atom. The second-order valence-corrected chi connectivity index (χ2v) is 9.58. The normalized spacial score (nSPS) is 17.5. The highest BCUT2D eigenvalue weighted by molar-refractivity contribution is 8.18. The van der Waals surface area contributed by atoms with Crippen LogP contribution in [0, 0.1) is 10.1 Å². The number of nitrogens with zero attached hydrogens (tertiary/aromatic N) is 5. The van der Waals surface area contributed by atoms with Crippen LogP contribution in [0.4, 0.5) is 10.5 Å². The second kappa shape index (κ2) is 12.6. The Labute approximate surface area is 217 Å². The van der Waals surface area contributed by atoms with Crippen molar-refractivity contribution in [3.05, 3.63) is 57.2 Å². The van der Waals surface area contributed by atoms with Gasteiger partial charge in [-0.05, 0) is 42.8 Å². The molecule has 1 aromatic heterocycles. The van der Waals surface area contributed by atoms with Crippen LogP contribution in [0.5, 0.6) is 0 Å². The predicted molar refractivity (Wildman–Crippen MR) is 137 cm³/mol. The molecule has 4 rings (SSSR count). The zero-order valence-electron chi connectivity index (χ0n) is 20.2. The number of ether oxygens (including phenoxy) is 1. The van der Waals surface area contributed by atoms with E-state index >= 15 is 0 Å². The first-order valence-electron chi connectivity index (χ1n) is 12.0. The molecule has 37 heavy (non-hydrogen) atoms. The lowest BCUT2D eigenvalue weighted by Crippen LogP contribution is -2.41. The third-order valence-electron chi connectivity index (χ3n) is 5.99. The molecule has 13 heteroatoms. The lowest BCUT2D eigenvalue weighted by Gasteiger charge is -2.26. The fourth-order valence-corrected chi connectivity index (χ4v) is 4.81. The lowest BCUT2D eigenvalue weighted by molar-refractivity contribution is -0.384. The van der Waals surface area contributed by atoms with E-state index < -0.39 is 4.92 Å². The van der Waals surface area contributed by atoms with E-state index in [2.05, 4.69) is 15.3 Å². The molecule has 2 aliphatic rings. The number of amides is 3. The molecule has 3 amide bonds. The maximum atomic E-state index is 12.8. The largest absolute Gasteiger partial charge is 0.379 e. The number of carbonyl (C=O) groups is 3. The van der Waals surface area contributed by atoms with E-state index in [9.17, 15) is 24.5 Å². The number of rotatable bonds is 11. The molecule has 196 valence electrons. The number of nitrogens with one attached hydrogen (secondary N) is 1. The Balaban J connectivity index is 1.21. The van der Waals surface area contributed by atoms with Gasteiger partial charge in [-0.3, -0.25) is 34.3 Å². The maximum Gasteiger partial charge on any atom is 0.293 e. The Kier molecular flexibility index (Phi) is 9.04. The number of thioether (sulfide) groups is 1. The van der Waals surface area contributed by atoms with Crippen LogP contribution in [-0.4, -0.2) is 87.5 Å². The van der Waals surface area contributed by atoms with E-state index in [-0.39, 0.29) is 29.3 Å². The fraction of sp³-hybridized carbons (Fsp3) is 0.417. The molecule has 2 fully saturated rings. The van der Waals surface area contributed by atoms with E-state index in [1.54, 1.807) is 30.6 Å². The Hall–Kier alpha value is -3.55. The molecule has 1 aromatic carbocycles. The summed E-state index contributed by atoms with van der Waals surface area (Å²) in [4.78, 5) is 51.3. The molecule has 1 N–H and O–H groups in total. The topological polar surface area (TPSA) is 140 Å². The van der Waals surface area contributed by atoms with Crippen LogP contribution in [0.1, 0.15) is 24.8 Å². The van der Waals surface area contributed by atoms with Crippen molar-refractivity contribution in [2.45, 2.75) is 19.3 Å². The summed E-state index contributed by atoms with van der Waals surface area (Å²) in [6.45, 7) is 4.85. The van der Waals surface area contributed by atoms with Crippen LogP contribution < -0.4 is 5.32 Å². The molecule has 2 aliphatic heterocycles. The van der Waals surface area contributed by atoms with Gasteiger partial charge in [0.2, 0.25) is 5.91 Å². The van der Waals surface area contributed by atoms with Gasteiger partial charge in [0.1, 0.15) is 0 Å². The van der Waals surface area contributed by atoms with E-state index in [1.165, 1.54) is 21.7 Å². The highest BCUT2D eigenvalue weighted by atomic mass is 32.2. The second-order valence-electron chi connectivity index (χ2n) is 8.59. The van der Waals surface area contributed by atoms with E-state index in [1.807, 2.05) is 0 Å². The van der Waals surface area contributed by atoms with Crippen molar-refractivity contribution < 1.29 is 24.0 Å². The van der Waals surface area contributed by atoms with Crippen LogP contribution in [0.3, 0.4) is 0 Å². The van der Waals surface area contributed by atoms with Crippen molar-refractivity contribution in [3.63, 3.8) is 0 Å². The third-order valence-corrected chi connectivity index (χ3v) is 6.90. The number of imide groups is 1. The van der Waals surface area contributed by atoms with Crippen molar-refractivity contribution in [1.29, 1.82) is 0 Å². The number of non-ortho nitro benzene ring substituents is 1. The molecule has 0 radical (unpaired) electrons. The van der Waals surface area contributed by atoms with Crippen molar-refractivity contribution in [2.75, 3.05) is 45.9 Å². The third kappa shape index (κ3) is 7.24. The van der Waals surface area contributed by atoms with Gasteiger partial charge in [-0.25, -0.2) is 4.68 Å². The minimum absolute atomic E-state index is 0.0193. The van der Waals surface area contributed by atoms with Crippen molar-refractivity contribution in [3.8, 4) is 5.69 Å². The molecule has 0 saturated carbocycles. The monoisotopic (exact) mass is 528 g/mol. The highest BCUT2D eigenvalue weighted by Gasteiger charge is 2.34. The van der Waals surface area contributed by atoms with Gasteiger partial charge in [-0.15, -0.1) is 0 Å². The summed E-state index contributed by atoms with van der Waals surface area (Å²) in [7, 11) is 0. The SMILES string of the molecule is O=C(CCCCN1C(=O)S/C(=C\c2cnn(-c3ccc([N+](=O)[O-])cc3)c2)C1=O)NCCN1CCOCC1. The molecule has 2 saturated heterocycles. The first kappa shape index (κ1) is 26.5. The molecule has 12 nitrogen and oxygen atoms in total. The Morgan fingerprint density at radius 2 is 1.92 bits per heavy atom. The van der Waals surface area contributed by atoms with Gasteiger partial charge in [-0.1, -0.05) is 0 Å². The molecule has 0 aliphatic carbocycles. The number of nitro benzene ring substituents is 1. The van der Waals surface area contributed by atoms with Crippen molar-refractivity contribution in [2.24, 2.45) is 0 Å². The molecule has 0 atom stereocenters. The summed E-state index contributed by atoms with van der Waals surface area (Å²) in [5.74, 6) is -0.402. The van der Waals surface area contributed by atoms with E-state index in [0.717, 1.165) is 44.6 Å². The number of nitro groups is 1. The molecule has 0 bridgehead atoms. The zero-order chi connectivity index (χ0) is 26.2. The van der Waals surface area contributed by atoms with Gasteiger partial charge >= 0.3 is 0 Å². The molecular weight excluding hydrogens is 500 g/mol. The number of carbonyl (C=O) groups excluding carboxylic acids is 3. The average molecular weight is 529 g/mol. The van der Waals surface area contributed by atoms with Gasteiger partial charge in [0.25, 0.3) is 16.8 Å². The van der Waals surface area contributed by atoms with E-state index in [4.69, 9.17) is 4.74 Å². The molecular formula is C24H28N6O6S. The minimum Gasteiger partial charge on any atom is -0.379 e. The van der Waals surface area contributed by atoms with Crippen LogP contribution in [0.2, 0.25) is 0 Å². The highest BCUT2D eigenvalue weighted by Crippen LogP contribution is 2.32. The quantitative estimate of drug-likeness (QED) is 0.201. The molecule has 3 heterocycles. The van der Waals surface area contributed by atoms with Gasteiger partial charge in [-0.2, -0.15) is 5.10 Å². The van der Waals surface area contributed by atoms with Crippen LogP contribution in [-0.2, 0) is 14.3 Å². The zero-order valence-corrected chi connectivity index (χ0v) is 21.0. The summed E-state index contributed by atoms with van der Waals surface area (Å²) in [5, 5.41) is 17.6. The van der Waals surface area contributed by atoms with Crippen LogP contribution in [0.15, 0.2) is 41.6 Å². The van der Waals surface area contributed by atoms with Gasteiger partial charge in [0.15, 0.2) is 0 Å². The maximum absolute atomic E-state index is 12.8. The van der Waals surface area contributed by atoms with Gasteiger partial charge in [0, 0.05) is 63.0 Å². The first-order chi connectivity index (χ1) is 17.9. The van der Waals surface area contributed by atoms with E-state index in [0.29, 0.717) is 42.0 Å². The molecule has 0 unspecified atom stereocenters. The summed E-state index contributed by atoms with van der Waals surface area (Å²) in [6.07, 6.45) is 6.28. The standard InChI is InChI=1S/C24H28N6O6S/c31-22(25-8-10-27-11-13-36-14-12-27)3-1-2-9-28-23(32)21(37-24(28)33)15-18-16-26-29(17-18)19-4-6-20(7-5-19)30(34)35/h4-7,15-17H,1-3,8-14H2,(H,25,31)/b21-15-. The number of aromatic nitrogens is 2. The summed E-state index contributed by atoms with van der Waals surface area (Å²) in [5.41, 5.74) is 1.23. The van der Waals surface area contributed by atoms with Crippen molar-refractivity contribution in [1.82, 2.24) is 24.9 Å². The fourth-order valence-electron chi connectivity index (χ4n) is 3.95. The molecule has 0 spiro atoms. The summed E-state index contributed by atoms with van der Waals surface area (Å²) >= 11 is 0.869. The number of morpholine rings is 1. The summed E-state index contributed by atoms with van der Waals surface area (Å²) in [6, 6.07) is 5.93.